The highest BCUT2D eigenvalue weighted by Crippen LogP contribution is 2.37. The molecule has 0 atom stereocenters. The van der Waals surface area contributed by atoms with Crippen molar-refractivity contribution in [3.05, 3.63) is 40.9 Å². The maximum Gasteiger partial charge on any atom is 0.244 e. The van der Waals surface area contributed by atoms with Crippen molar-refractivity contribution in [3.8, 4) is 0 Å². The Labute approximate surface area is 142 Å². The zero-order chi connectivity index (χ0) is 16.1. The van der Waals surface area contributed by atoms with Gasteiger partial charge in [-0.05, 0) is 37.0 Å². The van der Waals surface area contributed by atoms with E-state index in [0.29, 0.717) is 11.6 Å². The van der Waals surface area contributed by atoms with E-state index in [9.17, 15) is 4.79 Å². The molecular formula is C18H23ClN2O2. The van der Waals surface area contributed by atoms with Gasteiger partial charge in [0.25, 0.3) is 0 Å². The summed E-state index contributed by atoms with van der Waals surface area (Å²) in [5, 5.41) is 3.71. The number of carbonyl (C=O) groups is 1. The lowest BCUT2D eigenvalue weighted by atomic mass is 9.75. The SMILES string of the molecule is O=C(C=Cc1ccccc1Cl)NCC1(N2CCOCC2)CCC1. The number of benzene rings is 1. The van der Waals surface area contributed by atoms with E-state index in [-0.39, 0.29) is 11.4 Å². The van der Waals surface area contributed by atoms with Crippen LogP contribution >= 0.6 is 11.6 Å². The van der Waals surface area contributed by atoms with Gasteiger partial charge in [0.1, 0.15) is 0 Å². The molecule has 0 aromatic heterocycles. The number of hydrogen-bond acceptors (Lipinski definition) is 3. The number of morpholine rings is 1. The Morgan fingerprint density at radius 2 is 2.04 bits per heavy atom. The molecule has 124 valence electrons. The highest BCUT2D eigenvalue weighted by Gasteiger charge is 2.42. The molecule has 1 amide bonds. The van der Waals surface area contributed by atoms with E-state index in [2.05, 4.69) is 10.2 Å². The molecule has 1 saturated heterocycles. The van der Waals surface area contributed by atoms with Crippen LogP contribution in [0.15, 0.2) is 30.3 Å². The van der Waals surface area contributed by atoms with Crippen molar-refractivity contribution in [3.63, 3.8) is 0 Å². The molecule has 1 aliphatic heterocycles. The maximum absolute atomic E-state index is 12.1. The molecule has 3 rings (SSSR count). The van der Waals surface area contributed by atoms with Crippen LogP contribution in [0.25, 0.3) is 6.08 Å². The van der Waals surface area contributed by atoms with E-state index in [1.807, 2.05) is 24.3 Å². The van der Waals surface area contributed by atoms with Crippen LogP contribution in [-0.2, 0) is 9.53 Å². The van der Waals surface area contributed by atoms with Crippen molar-refractivity contribution in [2.24, 2.45) is 0 Å². The summed E-state index contributed by atoms with van der Waals surface area (Å²) in [4.78, 5) is 14.6. The third-order valence-electron chi connectivity index (χ3n) is 4.88. The zero-order valence-corrected chi connectivity index (χ0v) is 14.0. The highest BCUT2D eigenvalue weighted by atomic mass is 35.5. The quantitative estimate of drug-likeness (QED) is 0.842. The summed E-state index contributed by atoms with van der Waals surface area (Å²) >= 11 is 6.09. The predicted molar refractivity (Wildman–Crippen MR) is 92.5 cm³/mol. The van der Waals surface area contributed by atoms with Gasteiger partial charge in [-0.25, -0.2) is 0 Å². The first kappa shape index (κ1) is 16.5. The first-order chi connectivity index (χ1) is 11.2. The molecule has 1 aromatic carbocycles. The Morgan fingerprint density at radius 1 is 1.30 bits per heavy atom. The average molecular weight is 335 g/mol. The van der Waals surface area contributed by atoms with Gasteiger partial charge < -0.3 is 10.1 Å². The van der Waals surface area contributed by atoms with Crippen molar-refractivity contribution < 1.29 is 9.53 Å². The molecule has 1 aromatic rings. The fourth-order valence-corrected chi connectivity index (χ4v) is 3.51. The number of nitrogens with zero attached hydrogens (tertiary/aromatic N) is 1. The summed E-state index contributed by atoms with van der Waals surface area (Å²) in [6.07, 6.45) is 6.87. The van der Waals surface area contributed by atoms with Gasteiger partial charge in [-0.1, -0.05) is 29.8 Å². The molecule has 0 bridgehead atoms. The number of hydrogen-bond donors (Lipinski definition) is 1. The molecule has 1 heterocycles. The van der Waals surface area contributed by atoms with Gasteiger partial charge in [0, 0.05) is 36.3 Å². The second kappa shape index (κ2) is 7.47. The van der Waals surface area contributed by atoms with E-state index >= 15 is 0 Å². The number of halogens is 1. The monoisotopic (exact) mass is 334 g/mol. The number of amides is 1. The Balaban J connectivity index is 1.54. The minimum atomic E-state index is -0.0653. The number of nitrogens with one attached hydrogen (secondary N) is 1. The van der Waals surface area contributed by atoms with Crippen LogP contribution in [0, 0.1) is 0 Å². The topological polar surface area (TPSA) is 41.6 Å². The molecule has 1 saturated carbocycles. The lowest BCUT2D eigenvalue weighted by Crippen LogP contribution is -2.62. The lowest BCUT2D eigenvalue weighted by Gasteiger charge is -2.51. The maximum atomic E-state index is 12.1. The summed E-state index contributed by atoms with van der Waals surface area (Å²) in [5.74, 6) is -0.0653. The van der Waals surface area contributed by atoms with E-state index in [0.717, 1.165) is 44.7 Å². The number of carbonyl (C=O) groups excluding carboxylic acids is 1. The van der Waals surface area contributed by atoms with Gasteiger partial charge in [-0.15, -0.1) is 0 Å². The summed E-state index contributed by atoms with van der Waals surface area (Å²) in [7, 11) is 0. The minimum Gasteiger partial charge on any atom is -0.379 e. The Kier molecular flexibility index (Phi) is 5.36. The van der Waals surface area contributed by atoms with Gasteiger partial charge in [-0.3, -0.25) is 9.69 Å². The van der Waals surface area contributed by atoms with Crippen molar-refractivity contribution in [1.82, 2.24) is 10.2 Å². The first-order valence-corrected chi connectivity index (χ1v) is 8.61. The molecular weight excluding hydrogens is 312 g/mol. The van der Waals surface area contributed by atoms with E-state index in [1.54, 1.807) is 12.2 Å². The molecule has 23 heavy (non-hydrogen) atoms. The predicted octanol–water partition coefficient (Wildman–Crippen LogP) is 2.72. The fourth-order valence-electron chi connectivity index (χ4n) is 3.31. The minimum absolute atomic E-state index is 0.0653. The lowest BCUT2D eigenvalue weighted by molar-refractivity contribution is -0.118. The van der Waals surface area contributed by atoms with Crippen molar-refractivity contribution >= 4 is 23.6 Å². The second-order valence-corrected chi connectivity index (χ2v) is 6.66. The van der Waals surface area contributed by atoms with Crippen molar-refractivity contribution in [1.29, 1.82) is 0 Å². The van der Waals surface area contributed by atoms with Crippen LogP contribution in [0.1, 0.15) is 24.8 Å². The Morgan fingerprint density at radius 3 is 2.70 bits per heavy atom. The van der Waals surface area contributed by atoms with E-state index < -0.39 is 0 Å². The molecule has 0 unspecified atom stereocenters. The number of rotatable bonds is 5. The molecule has 2 aliphatic rings. The van der Waals surface area contributed by atoms with Crippen molar-refractivity contribution in [2.75, 3.05) is 32.8 Å². The molecule has 5 heteroatoms. The van der Waals surface area contributed by atoms with Gasteiger partial charge >= 0.3 is 0 Å². The molecule has 1 N–H and O–H groups in total. The van der Waals surface area contributed by atoms with E-state index in [1.165, 1.54) is 6.42 Å². The summed E-state index contributed by atoms with van der Waals surface area (Å²) in [5.41, 5.74) is 0.994. The highest BCUT2D eigenvalue weighted by molar-refractivity contribution is 6.32. The van der Waals surface area contributed by atoms with Gasteiger partial charge in [0.15, 0.2) is 0 Å². The number of ether oxygens (including phenoxy) is 1. The zero-order valence-electron chi connectivity index (χ0n) is 13.3. The molecule has 0 radical (unpaired) electrons. The third kappa shape index (κ3) is 3.94. The van der Waals surface area contributed by atoms with Crippen LogP contribution in [0.4, 0.5) is 0 Å². The third-order valence-corrected chi connectivity index (χ3v) is 5.22. The van der Waals surface area contributed by atoms with Gasteiger partial charge in [0.2, 0.25) is 5.91 Å². The largest absolute Gasteiger partial charge is 0.379 e. The van der Waals surface area contributed by atoms with Crippen LogP contribution in [-0.4, -0.2) is 49.2 Å². The van der Waals surface area contributed by atoms with Crippen LogP contribution in [0.2, 0.25) is 5.02 Å². The van der Waals surface area contributed by atoms with Gasteiger partial charge in [-0.2, -0.15) is 0 Å². The smallest absolute Gasteiger partial charge is 0.244 e. The van der Waals surface area contributed by atoms with E-state index in [4.69, 9.17) is 16.3 Å². The molecule has 2 fully saturated rings. The average Bonchev–Trinajstić information content (AvgIpc) is 2.54. The first-order valence-electron chi connectivity index (χ1n) is 8.23. The fraction of sp³-hybridized carbons (Fsp3) is 0.500. The molecule has 1 aliphatic carbocycles. The van der Waals surface area contributed by atoms with Gasteiger partial charge in [0.05, 0.1) is 13.2 Å². The summed E-state index contributed by atoms with van der Waals surface area (Å²) in [6.45, 7) is 4.22. The summed E-state index contributed by atoms with van der Waals surface area (Å²) in [6, 6.07) is 7.50. The van der Waals surface area contributed by atoms with Crippen LogP contribution < -0.4 is 5.32 Å². The van der Waals surface area contributed by atoms with Crippen LogP contribution in [0.3, 0.4) is 0 Å². The summed E-state index contributed by atoms with van der Waals surface area (Å²) < 4.78 is 5.44. The molecule has 4 nitrogen and oxygen atoms in total. The standard InChI is InChI=1S/C18H23ClN2O2/c19-16-5-2-1-4-15(16)6-7-17(22)20-14-18(8-3-9-18)21-10-12-23-13-11-21/h1-2,4-7H,3,8-14H2,(H,20,22). The normalized spacial score (nSPS) is 21.1. The Hall–Kier alpha value is -1.36. The second-order valence-electron chi connectivity index (χ2n) is 6.25. The van der Waals surface area contributed by atoms with Crippen molar-refractivity contribution in [2.45, 2.75) is 24.8 Å². The van der Waals surface area contributed by atoms with Crippen LogP contribution in [0.5, 0.6) is 0 Å². The molecule has 0 spiro atoms. The Bertz CT molecular complexity index is 578.